The van der Waals surface area contributed by atoms with Crippen LogP contribution in [0.3, 0.4) is 0 Å². The Morgan fingerprint density at radius 3 is 1.71 bits per heavy atom. The number of benzene rings is 2. The molecule has 0 radical (unpaired) electrons. The Balaban J connectivity index is 0.000000221. The number of halogens is 3. The van der Waals surface area contributed by atoms with Gasteiger partial charge in [0.25, 0.3) is 19.1 Å². The minimum absolute atomic E-state index is 0.113. The summed E-state index contributed by atoms with van der Waals surface area (Å²) < 4.78 is 49.2. The highest BCUT2D eigenvalue weighted by Gasteiger charge is 2.14. The fourth-order valence-corrected chi connectivity index (χ4v) is 4.07. The van der Waals surface area contributed by atoms with Crippen LogP contribution in [0.5, 0.6) is 0 Å². The molecule has 0 spiro atoms. The lowest BCUT2D eigenvalue weighted by molar-refractivity contribution is 0.600. The van der Waals surface area contributed by atoms with Gasteiger partial charge in [0.2, 0.25) is 0 Å². The van der Waals surface area contributed by atoms with Crippen LogP contribution >= 0.6 is 42.5 Å². The van der Waals surface area contributed by atoms with Crippen molar-refractivity contribution in [1.82, 2.24) is 9.97 Å². The lowest BCUT2D eigenvalue weighted by Crippen LogP contribution is -2.13. The first kappa shape index (κ1) is 22.8. The van der Waals surface area contributed by atoms with Gasteiger partial charge in [-0.3, -0.25) is 4.72 Å². The standard InChI is InChI=1S/C10H8BrN3O2S.C6H4BrClO2S/c11-8-1-3-9(4-2-8)17(15,16)14-10-5-6-12-7-13-10;7-5-1-3-6(4-2-5)11(8,9)10/h1-7H,(H,12,13,14);1-4H. The molecule has 28 heavy (non-hydrogen) atoms. The largest absolute Gasteiger partial charge is 0.263 e. The SMILES string of the molecule is O=S(=O)(Cl)c1ccc(Br)cc1.O=S(=O)(Nc1ccncn1)c1ccc(Br)cc1. The van der Waals surface area contributed by atoms with Crippen LogP contribution < -0.4 is 4.72 Å². The second-order valence-electron chi connectivity index (χ2n) is 5.05. The monoisotopic (exact) mass is 567 g/mol. The van der Waals surface area contributed by atoms with Crippen molar-refractivity contribution < 1.29 is 16.8 Å². The Bertz CT molecular complexity index is 1130. The van der Waals surface area contributed by atoms with E-state index in [0.29, 0.717) is 0 Å². The van der Waals surface area contributed by atoms with Gasteiger partial charge >= 0.3 is 0 Å². The van der Waals surface area contributed by atoms with Gasteiger partial charge in [-0.15, -0.1) is 0 Å². The van der Waals surface area contributed by atoms with Crippen LogP contribution in [0.2, 0.25) is 0 Å². The summed E-state index contributed by atoms with van der Waals surface area (Å²) in [6, 6.07) is 13.9. The number of nitrogens with zero attached hydrogens (tertiary/aromatic N) is 2. The summed E-state index contributed by atoms with van der Waals surface area (Å²) in [6.07, 6.45) is 2.74. The smallest absolute Gasteiger partial charge is 0.263 e. The van der Waals surface area contributed by atoms with Crippen molar-refractivity contribution in [2.45, 2.75) is 9.79 Å². The first-order valence-corrected chi connectivity index (χ1v) is 12.7. The maximum atomic E-state index is 11.9. The van der Waals surface area contributed by atoms with Gasteiger partial charge in [0.1, 0.15) is 12.1 Å². The van der Waals surface area contributed by atoms with E-state index in [1.54, 1.807) is 24.3 Å². The third-order valence-corrected chi connectivity index (χ3v) is 6.84. The van der Waals surface area contributed by atoms with Gasteiger partial charge < -0.3 is 0 Å². The van der Waals surface area contributed by atoms with Crippen molar-refractivity contribution in [2.75, 3.05) is 4.72 Å². The fraction of sp³-hybridized carbons (Fsp3) is 0. The van der Waals surface area contributed by atoms with Crippen LogP contribution in [-0.2, 0) is 19.1 Å². The average molecular weight is 570 g/mol. The van der Waals surface area contributed by atoms with Crippen LogP contribution in [0, 0.1) is 0 Å². The molecule has 0 aliphatic rings. The molecular weight excluding hydrogens is 558 g/mol. The molecule has 1 N–H and O–H groups in total. The Labute approximate surface area is 183 Å². The third-order valence-electron chi connectivity index (χ3n) is 3.04. The molecular formula is C16H12Br2ClN3O4S2. The van der Waals surface area contributed by atoms with Crippen molar-refractivity contribution in [3.63, 3.8) is 0 Å². The van der Waals surface area contributed by atoms with Gasteiger partial charge in [-0.25, -0.2) is 26.8 Å². The molecule has 148 valence electrons. The number of sulfonamides is 1. The normalized spacial score (nSPS) is 11.2. The number of nitrogens with one attached hydrogen (secondary N) is 1. The highest BCUT2D eigenvalue weighted by molar-refractivity contribution is 9.10. The predicted molar refractivity (Wildman–Crippen MR) is 114 cm³/mol. The van der Waals surface area contributed by atoms with Crippen molar-refractivity contribution in [1.29, 1.82) is 0 Å². The van der Waals surface area contributed by atoms with Gasteiger partial charge in [0, 0.05) is 25.8 Å². The van der Waals surface area contributed by atoms with Gasteiger partial charge in [-0.05, 0) is 54.6 Å². The number of rotatable bonds is 4. The molecule has 0 bridgehead atoms. The van der Waals surface area contributed by atoms with Crippen LogP contribution in [0.25, 0.3) is 0 Å². The molecule has 12 heteroatoms. The Morgan fingerprint density at radius 2 is 1.29 bits per heavy atom. The first-order chi connectivity index (χ1) is 13.1. The van der Waals surface area contributed by atoms with E-state index in [4.69, 9.17) is 10.7 Å². The molecule has 0 amide bonds. The molecule has 1 heterocycles. The zero-order valence-corrected chi connectivity index (χ0v) is 19.4. The quantitative estimate of drug-likeness (QED) is 0.467. The molecule has 2 aromatic carbocycles. The van der Waals surface area contributed by atoms with E-state index in [-0.39, 0.29) is 15.6 Å². The Morgan fingerprint density at radius 1 is 0.786 bits per heavy atom. The van der Waals surface area contributed by atoms with Crippen LogP contribution in [0.1, 0.15) is 0 Å². The molecule has 3 rings (SSSR count). The fourth-order valence-electron chi connectivity index (χ4n) is 1.76. The third kappa shape index (κ3) is 7.13. The van der Waals surface area contributed by atoms with Gasteiger partial charge in [0.15, 0.2) is 0 Å². The number of aromatic nitrogens is 2. The summed E-state index contributed by atoms with van der Waals surface area (Å²) in [7, 11) is -2.09. The second kappa shape index (κ2) is 9.79. The second-order valence-corrected chi connectivity index (χ2v) is 11.1. The van der Waals surface area contributed by atoms with E-state index in [1.165, 1.54) is 42.9 Å². The molecule has 3 aromatic rings. The predicted octanol–water partition coefficient (Wildman–Crippen LogP) is 4.42. The molecule has 1 aromatic heterocycles. The molecule has 7 nitrogen and oxygen atoms in total. The maximum absolute atomic E-state index is 11.9. The van der Waals surface area contributed by atoms with E-state index < -0.39 is 19.1 Å². The summed E-state index contributed by atoms with van der Waals surface area (Å²) in [5.74, 6) is 0.239. The Hall–Kier alpha value is -1.53. The number of anilines is 1. The lowest BCUT2D eigenvalue weighted by atomic mass is 10.4. The van der Waals surface area contributed by atoms with Crippen LogP contribution in [0.4, 0.5) is 5.82 Å². The van der Waals surface area contributed by atoms with Crippen LogP contribution in [0.15, 0.2) is 85.9 Å². The van der Waals surface area contributed by atoms with E-state index in [2.05, 4.69) is 46.5 Å². The first-order valence-electron chi connectivity index (χ1n) is 7.32. The van der Waals surface area contributed by atoms with E-state index in [1.807, 2.05) is 0 Å². The molecule has 0 aliphatic carbocycles. The lowest BCUT2D eigenvalue weighted by Gasteiger charge is -2.06. The molecule has 0 saturated carbocycles. The minimum atomic E-state index is -3.59. The summed E-state index contributed by atoms with van der Waals surface area (Å²) in [5.41, 5.74) is 0. The molecule has 0 fully saturated rings. The molecule has 0 saturated heterocycles. The zero-order valence-electron chi connectivity index (χ0n) is 13.8. The van der Waals surface area contributed by atoms with Crippen molar-refractivity contribution >= 4 is 67.4 Å². The zero-order chi connectivity index (χ0) is 20.8. The van der Waals surface area contributed by atoms with Gasteiger partial charge in [-0.2, -0.15) is 0 Å². The van der Waals surface area contributed by atoms with Crippen molar-refractivity contribution in [3.8, 4) is 0 Å². The van der Waals surface area contributed by atoms with Crippen LogP contribution in [-0.4, -0.2) is 26.8 Å². The summed E-state index contributed by atoms with van der Waals surface area (Å²) in [5, 5.41) is 0. The maximum Gasteiger partial charge on any atom is 0.263 e. The van der Waals surface area contributed by atoms with Gasteiger partial charge in [0.05, 0.1) is 9.79 Å². The van der Waals surface area contributed by atoms with Crippen molar-refractivity contribution in [2.24, 2.45) is 0 Å². The molecule has 0 unspecified atom stereocenters. The highest BCUT2D eigenvalue weighted by atomic mass is 79.9. The molecule has 0 atom stereocenters. The summed E-state index contributed by atoms with van der Waals surface area (Å²) in [6.45, 7) is 0. The summed E-state index contributed by atoms with van der Waals surface area (Å²) >= 11 is 6.42. The highest BCUT2D eigenvalue weighted by Crippen LogP contribution is 2.18. The number of hydrogen-bond donors (Lipinski definition) is 1. The minimum Gasteiger partial charge on any atom is -0.263 e. The summed E-state index contributed by atoms with van der Waals surface area (Å²) in [4.78, 5) is 7.80. The average Bonchev–Trinajstić information content (AvgIpc) is 2.63. The topological polar surface area (TPSA) is 106 Å². The number of hydrogen-bond acceptors (Lipinski definition) is 6. The Kier molecular flexibility index (Phi) is 7.96. The van der Waals surface area contributed by atoms with Gasteiger partial charge in [-0.1, -0.05) is 31.9 Å². The van der Waals surface area contributed by atoms with E-state index in [9.17, 15) is 16.8 Å². The van der Waals surface area contributed by atoms with Crippen molar-refractivity contribution in [3.05, 3.63) is 76.1 Å². The van der Waals surface area contributed by atoms with E-state index >= 15 is 0 Å². The van der Waals surface area contributed by atoms with E-state index in [0.717, 1.165) is 8.95 Å². The molecule has 0 aliphatic heterocycles.